The van der Waals surface area contributed by atoms with E-state index in [9.17, 15) is 0 Å². The fourth-order valence-corrected chi connectivity index (χ4v) is 3.51. The molecule has 0 saturated heterocycles. The summed E-state index contributed by atoms with van der Waals surface area (Å²) < 4.78 is 12.5. The molecule has 9 heteroatoms. The van der Waals surface area contributed by atoms with E-state index in [2.05, 4.69) is 20.4 Å². The van der Waals surface area contributed by atoms with E-state index < -0.39 is 0 Å². The van der Waals surface area contributed by atoms with E-state index >= 15 is 0 Å². The molecule has 0 radical (unpaired) electrons. The Morgan fingerprint density at radius 3 is 2.34 bits per heavy atom. The van der Waals surface area contributed by atoms with E-state index in [4.69, 9.17) is 15.0 Å². The van der Waals surface area contributed by atoms with Crippen molar-refractivity contribution in [3.63, 3.8) is 0 Å². The van der Waals surface area contributed by atoms with Crippen molar-refractivity contribution in [3.05, 3.63) is 60.0 Å². The quantitative estimate of drug-likeness (QED) is 0.378. The Labute approximate surface area is 172 Å². The minimum Gasteiger partial charge on any atom is -0.497 e. The summed E-state index contributed by atoms with van der Waals surface area (Å²) in [5, 5.41) is 17.2. The molecule has 1 unspecified atom stereocenters. The Bertz CT molecular complexity index is 1100. The van der Waals surface area contributed by atoms with Crippen molar-refractivity contribution in [2.24, 2.45) is 0 Å². The lowest BCUT2D eigenvalue weighted by atomic mass is 10.1. The molecule has 148 valence electrons. The number of thioether (sulfide) groups is 1. The van der Waals surface area contributed by atoms with Crippen LogP contribution < -0.4 is 10.6 Å². The van der Waals surface area contributed by atoms with Crippen LogP contribution in [0.2, 0.25) is 0 Å². The van der Waals surface area contributed by atoms with Crippen LogP contribution in [-0.2, 0) is 0 Å². The first-order chi connectivity index (χ1) is 14.0. The molecule has 2 aromatic carbocycles. The standard InChI is InChI=1S/C20H20N6O2S/c1-12-4-6-15(7-5-12)19-24-23-18(28-19)13(2)29-20-25-22-17(26(20)21)14-8-10-16(27-3)11-9-14/h4-11,13H,21H2,1-3H3. The monoisotopic (exact) mass is 408 g/mol. The summed E-state index contributed by atoms with van der Waals surface area (Å²) in [6.45, 7) is 3.99. The summed E-state index contributed by atoms with van der Waals surface area (Å²) in [7, 11) is 1.62. The predicted molar refractivity (Wildman–Crippen MR) is 111 cm³/mol. The van der Waals surface area contributed by atoms with Crippen molar-refractivity contribution in [2.45, 2.75) is 24.3 Å². The Balaban J connectivity index is 1.51. The normalized spacial score (nSPS) is 12.1. The number of hydrogen-bond donors (Lipinski definition) is 1. The summed E-state index contributed by atoms with van der Waals surface area (Å²) in [5.74, 6) is 8.53. The molecule has 8 nitrogen and oxygen atoms in total. The number of nitrogen functional groups attached to an aromatic ring is 1. The van der Waals surface area contributed by atoms with E-state index in [0.717, 1.165) is 16.9 Å². The largest absolute Gasteiger partial charge is 0.497 e. The van der Waals surface area contributed by atoms with Crippen LogP contribution in [0.25, 0.3) is 22.8 Å². The highest BCUT2D eigenvalue weighted by molar-refractivity contribution is 7.99. The molecule has 4 rings (SSSR count). The Hall–Kier alpha value is -3.33. The Morgan fingerprint density at radius 1 is 0.966 bits per heavy atom. The van der Waals surface area contributed by atoms with Crippen LogP contribution in [0.1, 0.15) is 23.6 Å². The highest BCUT2D eigenvalue weighted by Crippen LogP contribution is 2.35. The number of nitrogens with zero attached hydrogens (tertiary/aromatic N) is 5. The molecule has 0 spiro atoms. The van der Waals surface area contributed by atoms with Gasteiger partial charge in [-0.1, -0.05) is 29.5 Å². The maximum Gasteiger partial charge on any atom is 0.247 e. The van der Waals surface area contributed by atoms with Gasteiger partial charge in [-0.25, -0.2) is 4.68 Å². The topological polar surface area (TPSA) is 105 Å². The van der Waals surface area contributed by atoms with Crippen LogP contribution in [-0.4, -0.2) is 32.2 Å². The molecule has 1 atom stereocenters. The number of ether oxygens (including phenoxy) is 1. The van der Waals surface area contributed by atoms with Gasteiger partial charge in [0.15, 0.2) is 5.82 Å². The number of benzene rings is 2. The second-order valence-corrected chi connectivity index (χ2v) is 7.78. The van der Waals surface area contributed by atoms with E-state index in [1.54, 1.807) is 7.11 Å². The van der Waals surface area contributed by atoms with E-state index in [1.807, 2.05) is 62.4 Å². The molecule has 29 heavy (non-hydrogen) atoms. The molecular formula is C20H20N6O2S. The van der Waals surface area contributed by atoms with Gasteiger partial charge in [0.2, 0.25) is 16.9 Å². The lowest BCUT2D eigenvalue weighted by Crippen LogP contribution is -2.12. The average Bonchev–Trinajstić information content (AvgIpc) is 3.37. The molecule has 2 heterocycles. The van der Waals surface area contributed by atoms with Gasteiger partial charge in [-0.05, 0) is 50.2 Å². The van der Waals surface area contributed by atoms with Crippen LogP contribution in [0.3, 0.4) is 0 Å². The summed E-state index contributed by atoms with van der Waals surface area (Å²) in [5.41, 5.74) is 2.91. The number of aryl methyl sites for hydroxylation is 1. The summed E-state index contributed by atoms with van der Waals surface area (Å²) >= 11 is 1.40. The van der Waals surface area contributed by atoms with Crippen molar-refractivity contribution in [1.29, 1.82) is 0 Å². The maximum absolute atomic E-state index is 6.22. The molecule has 0 saturated carbocycles. The lowest BCUT2D eigenvalue weighted by molar-refractivity contribution is 0.415. The fourth-order valence-electron chi connectivity index (χ4n) is 2.71. The number of methoxy groups -OCH3 is 1. The van der Waals surface area contributed by atoms with E-state index in [0.29, 0.717) is 22.8 Å². The van der Waals surface area contributed by atoms with Gasteiger partial charge in [-0.2, -0.15) is 0 Å². The first kappa shape index (κ1) is 19.0. The van der Waals surface area contributed by atoms with E-state index in [1.165, 1.54) is 22.0 Å². The van der Waals surface area contributed by atoms with Gasteiger partial charge in [0.1, 0.15) is 5.75 Å². The van der Waals surface area contributed by atoms with Gasteiger partial charge in [0, 0.05) is 11.1 Å². The SMILES string of the molecule is COc1ccc(-c2nnc(SC(C)c3nnc(-c4ccc(C)cc4)o3)n2N)cc1. The van der Waals surface area contributed by atoms with Crippen molar-refractivity contribution in [2.75, 3.05) is 13.0 Å². The zero-order valence-corrected chi connectivity index (χ0v) is 17.1. The van der Waals surface area contributed by atoms with Gasteiger partial charge in [-0.15, -0.1) is 20.4 Å². The number of hydrogen-bond acceptors (Lipinski definition) is 8. The second-order valence-electron chi connectivity index (χ2n) is 6.48. The third kappa shape index (κ3) is 3.95. The summed E-state index contributed by atoms with van der Waals surface area (Å²) in [6, 6.07) is 15.4. The summed E-state index contributed by atoms with van der Waals surface area (Å²) in [6.07, 6.45) is 0. The molecule has 0 bridgehead atoms. The summed E-state index contributed by atoms with van der Waals surface area (Å²) in [4.78, 5) is 0. The second kappa shape index (κ2) is 7.96. The Morgan fingerprint density at radius 2 is 1.66 bits per heavy atom. The molecule has 0 amide bonds. The molecule has 2 N–H and O–H groups in total. The van der Waals surface area contributed by atoms with Gasteiger partial charge in [0.25, 0.3) is 0 Å². The van der Waals surface area contributed by atoms with Gasteiger partial charge in [-0.3, -0.25) is 0 Å². The molecule has 0 aliphatic carbocycles. The molecule has 2 aromatic heterocycles. The third-order valence-corrected chi connectivity index (χ3v) is 5.43. The highest BCUT2D eigenvalue weighted by atomic mass is 32.2. The first-order valence-corrected chi connectivity index (χ1v) is 9.85. The number of nitrogens with two attached hydrogens (primary N) is 1. The van der Waals surface area contributed by atoms with Crippen molar-refractivity contribution in [1.82, 2.24) is 25.1 Å². The van der Waals surface area contributed by atoms with Gasteiger partial charge in [0.05, 0.1) is 12.4 Å². The van der Waals surface area contributed by atoms with E-state index in [-0.39, 0.29) is 5.25 Å². The average molecular weight is 408 g/mol. The Kier molecular flexibility index (Phi) is 5.22. The smallest absolute Gasteiger partial charge is 0.247 e. The van der Waals surface area contributed by atoms with Crippen LogP contribution in [0.4, 0.5) is 0 Å². The number of rotatable bonds is 6. The van der Waals surface area contributed by atoms with Crippen LogP contribution in [0.5, 0.6) is 5.75 Å². The van der Waals surface area contributed by atoms with Crippen molar-refractivity contribution in [3.8, 4) is 28.6 Å². The fraction of sp³-hybridized carbons (Fsp3) is 0.200. The molecule has 0 fully saturated rings. The lowest BCUT2D eigenvalue weighted by Gasteiger charge is -2.07. The van der Waals surface area contributed by atoms with Crippen molar-refractivity contribution >= 4 is 11.8 Å². The minimum atomic E-state index is -0.142. The van der Waals surface area contributed by atoms with Gasteiger partial charge < -0.3 is 15.0 Å². The van der Waals surface area contributed by atoms with Crippen LogP contribution >= 0.6 is 11.8 Å². The van der Waals surface area contributed by atoms with Crippen LogP contribution in [0, 0.1) is 6.92 Å². The molecular weight excluding hydrogens is 388 g/mol. The van der Waals surface area contributed by atoms with Gasteiger partial charge >= 0.3 is 0 Å². The predicted octanol–water partition coefficient (Wildman–Crippen LogP) is 3.88. The van der Waals surface area contributed by atoms with Crippen LogP contribution in [0.15, 0.2) is 58.1 Å². The van der Waals surface area contributed by atoms with Crippen molar-refractivity contribution < 1.29 is 9.15 Å². The zero-order valence-electron chi connectivity index (χ0n) is 16.2. The zero-order chi connectivity index (χ0) is 20.4. The first-order valence-electron chi connectivity index (χ1n) is 8.97. The molecule has 0 aliphatic heterocycles. The third-order valence-electron chi connectivity index (χ3n) is 4.38. The maximum atomic E-state index is 6.22. The molecule has 4 aromatic rings. The number of aromatic nitrogens is 5. The highest BCUT2D eigenvalue weighted by Gasteiger charge is 2.20. The molecule has 0 aliphatic rings. The minimum absolute atomic E-state index is 0.142.